The molecule has 2 N–H and O–H groups in total. The molecule has 4 atom stereocenters. The third-order valence-electron chi connectivity index (χ3n) is 6.24. The van der Waals surface area contributed by atoms with E-state index in [1.807, 2.05) is 32.7 Å². The van der Waals surface area contributed by atoms with E-state index in [9.17, 15) is 4.79 Å². The number of piperidine rings is 1. The van der Waals surface area contributed by atoms with Crippen LogP contribution in [0, 0.1) is 0 Å². The van der Waals surface area contributed by atoms with Crippen LogP contribution in [0.4, 0.5) is 4.79 Å². The average molecular weight is 526 g/mol. The Balaban J connectivity index is 0.00000256. The Morgan fingerprint density at radius 3 is 2.27 bits per heavy atom. The van der Waals surface area contributed by atoms with Crippen molar-refractivity contribution in [2.24, 2.45) is 4.99 Å². The van der Waals surface area contributed by atoms with Gasteiger partial charge in [-0.1, -0.05) is 30.3 Å². The fraction of sp³-hybridized carbons (Fsp3) is 0.652. The van der Waals surface area contributed by atoms with Gasteiger partial charge in [-0.3, -0.25) is 4.99 Å². The van der Waals surface area contributed by atoms with E-state index < -0.39 is 5.60 Å². The maximum absolute atomic E-state index is 12.6. The van der Waals surface area contributed by atoms with Gasteiger partial charge in [0.25, 0.3) is 0 Å². The van der Waals surface area contributed by atoms with E-state index in [2.05, 4.69) is 46.0 Å². The lowest BCUT2D eigenvalue weighted by Gasteiger charge is -2.40. The fourth-order valence-corrected chi connectivity index (χ4v) is 4.87. The van der Waals surface area contributed by atoms with Crippen LogP contribution in [0.1, 0.15) is 64.4 Å². The minimum Gasteiger partial charge on any atom is -0.444 e. The lowest BCUT2D eigenvalue weighted by molar-refractivity contribution is 0.00545. The van der Waals surface area contributed by atoms with Gasteiger partial charge in [-0.25, -0.2) is 4.79 Å². The summed E-state index contributed by atoms with van der Waals surface area (Å²) < 4.78 is 5.64. The van der Waals surface area contributed by atoms with Gasteiger partial charge in [0.2, 0.25) is 0 Å². The normalized spacial score (nSPS) is 30.3. The van der Waals surface area contributed by atoms with E-state index in [0.717, 1.165) is 38.1 Å². The number of hydrogen-bond donors (Lipinski definition) is 2. The number of benzene rings is 1. The van der Waals surface area contributed by atoms with Crippen LogP contribution >= 0.6 is 24.0 Å². The van der Waals surface area contributed by atoms with Gasteiger partial charge in [0.15, 0.2) is 5.96 Å². The number of rotatable bonds is 3. The molecule has 4 unspecified atom stereocenters. The summed E-state index contributed by atoms with van der Waals surface area (Å²) in [5.41, 5.74) is 0.945. The van der Waals surface area contributed by atoms with Crippen LogP contribution in [0.25, 0.3) is 0 Å². The van der Waals surface area contributed by atoms with Crippen molar-refractivity contribution in [2.45, 2.75) is 88.6 Å². The summed E-state index contributed by atoms with van der Waals surface area (Å²) in [5, 5.41) is 7.20. The van der Waals surface area contributed by atoms with E-state index in [0.29, 0.717) is 18.0 Å². The van der Waals surface area contributed by atoms with Crippen LogP contribution in [0.15, 0.2) is 35.3 Å². The zero-order chi connectivity index (χ0) is 20.6. The molecule has 0 spiro atoms. The maximum Gasteiger partial charge on any atom is 0.410 e. The number of amides is 1. The summed E-state index contributed by atoms with van der Waals surface area (Å²) in [7, 11) is 1.83. The molecule has 166 valence electrons. The molecular weight excluding hydrogens is 491 g/mol. The highest BCUT2D eigenvalue weighted by Crippen LogP contribution is 2.41. The predicted octanol–water partition coefficient (Wildman–Crippen LogP) is 4.26. The molecule has 3 aliphatic rings. The Morgan fingerprint density at radius 2 is 1.70 bits per heavy atom. The first kappa shape index (κ1) is 23.2. The smallest absolute Gasteiger partial charge is 0.410 e. The maximum atomic E-state index is 12.6. The van der Waals surface area contributed by atoms with Crippen molar-refractivity contribution < 1.29 is 9.53 Å². The molecule has 1 aromatic rings. The van der Waals surface area contributed by atoms with Crippen molar-refractivity contribution in [3.8, 4) is 0 Å². The first-order valence-corrected chi connectivity index (χ1v) is 10.9. The topological polar surface area (TPSA) is 66.0 Å². The van der Waals surface area contributed by atoms with E-state index in [1.54, 1.807) is 0 Å². The summed E-state index contributed by atoms with van der Waals surface area (Å²) in [6.45, 7) is 5.78. The highest BCUT2D eigenvalue weighted by atomic mass is 127. The van der Waals surface area contributed by atoms with Gasteiger partial charge in [0.05, 0.1) is 0 Å². The molecule has 30 heavy (non-hydrogen) atoms. The van der Waals surface area contributed by atoms with Crippen molar-refractivity contribution in [2.75, 3.05) is 7.05 Å². The average Bonchev–Trinajstić information content (AvgIpc) is 3.38. The highest BCUT2D eigenvalue weighted by Gasteiger charge is 2.45. The standard InChI is InChI=1S/C23H34N4O2.HI/c1-23(2,3)29-22(28)27-17-10-11-18(27)13-16(12-17)25-21(24-4)26-20-14-19(20)15-8-6-5-7-9-15;/h5-9,16-20H,10-14H2,1-4H3,(H2,24,25,26);1H. The molecule has 2 heterocycles. The number of ether oxygens (including phenoxy) is 1. The van der Waals surface area contributed by atoms with Gasteiger partial charge >= 0.3 is 6.09 Å². The molecule has 3 fully saturated rings. The number of nitrogens with one attached hydrogen (secondary N) is 2. The number of aliphatic imine (C=N–C) groups is 1. The van der Waals surface area contributed by atoms with Gasteiger partial charge in [-0.2, -0.15) is 0 Å². The quantitative estimate of drug-likeness (QED) is 0.351. The van der Waals surface area contributed by atoms with E-state index in [4.69, 9.17) is 4.74 Å². The highest BCUT2D eigenvalue weighted by molar-refractivity contribution is 14.0. The van der Waals surface area contributed by atoms with Crippen LogP contribution in [0.3, 0.4) is 0 Å². The Kier molecular flexibility index (Phi) is 7.20. The minimum atomic E-state index is -0.447. The summed E-state index contributed by atoms with van der Waals surface area (Å²) in [5.74, 6) is 1.45. The van der Waals surface area contributed by atoms with E-state index in [1.165, 1.54) is 5.56 Å². The third kappa shape index (κ3) is 5.39. The molecule has 4 rings (SSSR count). The van der Waals surface area contributed by atoms with Crippen molar-refractivity contribution in [3.05, 3.63) is 35.9 Å². The zero-order valence-corrected chi connectivity index (χ0v) is 20.8. The van der Waals surface area contributed by atoms with Crippen LogP contribution in [0.5, 0.6) is 0 Å². The Bertz CT molecular complexity index is 750. The number of carbonyl (C=O) groups excluding carboxylic acids is 1. The number of fused-ring (bicyclic) bond motifs is 2. The second kappa shape index (κ2) is 9.32. The van der Waals surface area contributed by atoms with Gasteiger partial charge in [-0.05, 0) is 58.4 Å². The minimum absolute atomic E-state index is 0. The largest absolute Gasteiger partial charge is 0.444 e. The van der Waals surface area contributed by atoms with Crippen LogP contribution in [0.2, 0.25) is 0 Å². The second-order valence-corrected chi connectivity index (χ2v) is 9.66. The SMILES string of the molecule is CN=C(NC1CC2CCC(C1)N2C(=O)OC(C)(C)C)NC1CC1c1ccccc1.I. The first-order chi connectivity index (χ1) is 13.8. The predicted molar refractivity (Wildman–Crippen MR) is 131 cm³/mol. The van der Waals surface area contributed by atoms with Crippen LogP contribution in [-0.2, 0) is 4.74 Å². The lowest BCUT2D eigenvalue weighted by atomic mass is 9.98. The van der Waals surface area contributed by atoms with E-state index in [-0.39, 0.29) is 42.2 Å². The summed E-state index contributed by atoms with van der Waals surface area (Å²) >= 11 is 0. The molecule has 1 aliphatic carbocycles. The first-order valence-electron chi connectivity index (χ1n) is 10.9. The third-order valence-corrected chi connectivity index (χ3v) is 6.24. The monoisotopic (exact) mass is 526 g/mol. The van der Waals surface area contributed by atoms with Crippen LogP contribution in [-0.4, -0.2) is 53.8 Å². The molecule has 1 amide bonds. The molecule has 2 saturated heterocycles. The van der Waals surface area contributed by atoms with Gasteiger partial charge in [0, 0.05) is 37.1 Å². The van der Waals surface area contributed by atoms with Crippen molar-refractivity contribution in [3.63, 3.8) is 0 Å². The Labute approximate surface area is 197 Å². The Hall–Kier alpha value is -1.51. The van der Waals surface area contributed by atoms with Gasteiger partial charge < -0.3 is 20.3 Å². The molecule has 1 saturated carbocycles. The van der Waals surface area contributed by atoms with Crippen molar-refractivity contribution in [1.29, 1.82) is 0 Å². The Morgan fingerprint density at radius 1 is 1.07 bits per heavy atom. The zero-order valence-electron chi connectivity index (χ0n) is 18.4. The van der Waals surface area contributed by atoms with Crippen molar-refractivity contribution in [1.82, 2.24) is 15.5 Å². The summed E-state index contributed by atoms with van der Waals surface area (Å²) in [6, 6.07) is 12.0. The number of guanidine groups is 1. The number of hydrogen-bond acceptors (Lipinski definition) is 3. The van der Waals surface area contributed by atoms with Gasteiger partial charge in [0.1, 0.15) is 5.60 Å². The second-order valence-electron chi connectivity index (χ2n) is 9.66. The van der Waals surface area contributed by atoms with Gasteiger partial charge in [-0.15, -0.1) is 24.0 Å². The number of nitrogens with zero attached hydrogens (tertiary/aromatic N) is 2. The lowest BCUT2D eigenvalue weighted by Crippen LogP contribution is -2.55. The van der Waals surface area contributed by atoms with E-state index >= 15 is 0 Å². The molecule has 0 radical (unpaired) electrons. The molecule has 7 heteroatoms. The molecular formula is C23H35IN4O2. The summed E-state index contributed by atoms with van der Waals surface area (Å²) in [4.78, 5) is 19.1. The molecule has 2 bridgehead atoms. The molecule has 0 aromatic heterocycles. The molecule has 6 nitrogen and oxygen atoms in total. The fourth-order valence-electron chi connectivity index (χ4n) is 4.87. The molecule has 2 aliphatic heterocycles. The number of carbonyl (C=O) groups is 1. The summed E-state index contributed by atoms with van der Waals surface area (Å²) in [6.07, 6.45) is 5.01. The van der Waals surface area contributed by atoms with Crippen molar-refractivity contribution >= 4 is 36.0 Å². The van der Waals surface area contributed by atoms with Crippen LogP contribution < -0.4 is 10.6 Å². The molecule has 1 aromatic carbocycles. The number of halogens is 1.